The minimum absolute atomic E-state index is 0.0235. The third-order valence-electron chi connectivity index (χ3n) is 14.5. The SMILES string of the molecule is [2H]C([2H])([2H])c1cc2c(cc1-c1ccc3c(c1)-c1ccccc1-c1ncccc1-c1ccc(N4c5nc6ccccc6n5C5C=CC=CC54)cc1-3)C(C)(C)C(C)(C)c1ccc(C([2H])([2H])C)cc1O2. The van der Waals surface area contributed by atoms with Gasteiger partial charge in [-0.2, -0.15) is 0 Å². The molecule has 0 fully saturated rings. The van der Waals surface area contributed by atoms with Crippen LogP contribution in [0.1, 0.15) is 69.8 Å². The average Bonchev–Trinajstić information content (AvgIpc) is 3.83. The Labute approximate surface area is 370 Å². The average molecular weight is 810 g/mol. The van der Waals surface area contributed by atoms with Crippen molar-refractivity contribution in [3.8, 4) is 67.3 Å². The molecule has 2 atom stereocenters. The predicted octanol–water partition coefficient (Wildman–Crippen LogP) is 14.5. The first-order chi connectivity index (χ1) is 32.0. The van der Waals surface area contributed by atoms with Crippen LogP contribution in [0.4, 0.5) is 11.6 Å². The van der Waals surface area contributed by atoms with Crippen molar-refractivity contribution in [3.63, 3.8) is 0 Å². The number of hydrogen-bond donors (Lipinski definition) is 0. The van der Waals surface area contributed by atoms with Gasteiger partial charge in [0.25, 0.3) is 0 Å². The summed E-state index contributed by atoms with van der Waals surface area (Å²) in [6, 6.07) is 43.4. The van der Waals surface area contributed by atoms with Crippen molar-refractivity contribution in [2.75, 3.05) is 4.90 Å². The van der Waals surface area contributed by atoms with Gasteiger partial charge in [0.15, 0.2) is 0 Å². The molecule has 4 aliphatic rings. The van der Waals surface area contributed by atoms with E-state index in [1.807, 2.05) is 42.6 Å². The van der Waals surface area contributed by atoms with Crippen LogP contribution >= 0.6 is 0 Å². The zero-order valence-corrected chi connectivity index (χ0v) is 35.4. The summed E-state index contributed by atoms with van der Waals surface area (Å²) < 4.78 is 53.0. The van der Waals surface area contributed by atoms with Crippen LogP contribution < -0.4 is 9.64 Å². The third kappa shape index (κ3) is 5.14. The molecule has 62 heavy (non-hydrogen) atoms. The number of hydrogen-bond acceptors (Lipinski definition) is 4. The highest BCUT2D eigenvalue weighted by Gasteiger charge is 2.46. The summed E-state index contributed by atoms with van der Waals surface area (Å²) in [6.07, 6.45) is 9.03. The van der Waals surface area contributed by atoms with Crippen molar-refractivity contribution < 1.29 is 11.6 Å². The molecule has 5 heteroatoms. The third-order valence-corrected chi connectivity index (χ3v) is 14.5. The molecule has 0 radical (unpaired) electrons. The summed E-state index contributed by atoms with van der Waals surface area (Å²) in [5.74, 6) is 1.89. The topological polar surface area (TPSA) is 43.2 Å². The van der Waals surface area contributed by atoms with E-state index in [9.17, 15) is 0 Å². The number of imidazole rings is 1. The van der Waals surface area contributed by atoms with Gasteiger partial charge in [0.2, 0.25) is 5.95 Å². The van der Waals surface area contributed by atoms with Gasteiger partial charge in [0.05, 0.1) is 28.8 Å². The molecule has 0 saturated heterocycles. The Balaban J connectivity index is 1.08. The maximum Gasteiger partial charge on any atom is 0.212 e. The summed E-state index contributed by atoms with van der Waals surface area (Å²) >= 11 is 0. The number of allylic oxidation sites excluding steroid dienone is 2. The summed E-state index contributed by atoms with van der Waals surface area (Å²) in [5.41, 5.74) is 13.8. The van der Waals surface area contributed by atoms with Crippen LogP contribution in [0.25, 0.3) is 66.8 Å². The van der Waals surface area contributed by atoms with Gasteiger partial charge in [-0.1, -0.05) is 132 Å². The van der Waals surface area contributed by atoms with Crippen LogP contribution in [-0.2, 0) is 17.2 Å². The zero-order valence-electron chi connectivity index (χ0n) is 40.4. The van der Waals surface area contributed by atoms with Crippen LogP contribution in [0.5, 0.6) is 11.5 Å². The quantitative estimate of drug-likeness (QED) is 0.178. The van der Waals surface area contributed by atoms with E-state index in [-0.39, 0.29) is 17.6 Å². The Morgan fingerprint density at radius 3 is 2.21 bits per heavy atom. The van der Waals surface area contributed by atoms with Gasteiger partial charge in [-0.3, -0.25) is 4.98 Å². The molecule has 6 aromatic carbocycles. The van der Waals surface area contributed by atoms with E-state index in [0.717, 1.165) is 84.0 Å². The number of benzene rings is 6. The van der Waals surface area contributed by atoms with E-state index in [1.165, 1.54) is 6.92 Å². The van der Waals surface area contributed by atoms with Crippen LogP contribution in [0.15, 0.2) is 158 Å². The van der Waals surface area contributed by atoms with Crippen molar-refractivity contribution in [3.05, 3.63) is 180 Å². The standard InChI is InChI=1S/C57H48N4O/c1-7-35-22-27-46-53(30-35)62-52-29-34(2)43(33-47(52)57(5,6)56(46,3)4)36-23-25-40-44(31-36)38-15-8-9-16-41(38)54-42(17-14-28-58-54)39-26-24-37(32-45(39)40)60-50-20-12-13-21-51(50)61-49-19-11-10-18-48(49)59-55(60)61/h8-33,50-51H,7H2,1-6H3/i2D3,7D2. The number of aromatic nitrogens is 3. The first-order valence-corrected chi connectivity index (χ1v) is 21.5. The molecular weight excluding hydrogens is 757 g/mol. The van der Waals surface area contributed by atoms with Gasteiger partial charge in [-0.05, 0) is 118 Å². The first-order valence-electron chi connectivity index (χ1n) is 24.0. The van der Waals surface area contributed by atoms with E-state index < -0.39 is 24.1 Å². The number of anilines is 2. The van der Waals surface area contributed by atoms with Gasteiger partial charge in [0, 0.05) is 51.8 Å². The molecule has 2 aromatic heterocycles. The van der Waals surface area contributed by atoms with E-state index in [4.69, 9.17) is 21.6 Å². The molecule has 0 N–H and O–H groups in total. The lowest BCUT2D eigenvalue weighted by Crippen LogP contribution is -2.39. The molecule has 4 heterocycles. The highest BCUT2D eigenvalue weighted by atomic mass is 16.5. The minimum Gasteiger partial charge on any atom is -0.457 e. The Hall–Kier alpha value is -6.98. The van der Waals surface area contributed by atoms with Crippen molar-refractivity contribution >= 4 is 22.7 Å². The largest absolute Gasteiger partial charge is 0.457 e. The summed E-state index contributed by atoms with van der Waals surface area (Å²) in [6.45, 7) is 7.77. The van der Waals surface area contributed by atoms with Gasteiger partial charge in [0.1, 0.15) is 11.5 Å². The highest BCUT2D eigenvalue weighted by Crippen LogP contribution is 2.56. The lowest BCUT2D eigenvalue weighted by Gasteiger charge is -2.41. The van der Waals surface area contributed by atoms with Crippen LogP contribution in [0.2, 0.25) is 0 Å². The van der Waals surface area contributed by atoms with E-state index in [1.54, 1.807) is 12.1 Å². The van der Waals surface area contributed by atoms with E-state index in [0.29, 0.717) is 22.6 Å². The Morgan fingerprint density at radius 2 is 1.35 bits per heavy atom. The molecule has 0 amide bonds. The molecule has 2 unspecified atom stereocenters. The Bertz CT molecular complexity index is 3460. The van der Waals surface area contributed by atoms with Gasteiger partial charge in [-0.15, -0.1) is 0 Å². The Morgan fingerprint density at radius 1 is 0.645 bits per heavy atom. The first kappa shape index (κ1) is 31.8. The van der Waals surface area contributed by atoms with E-state index in [2.05, 4.69) is 140 Å². The van der Waals surface area contributed by atoms with Crippen molar-refractivity contribution in [1.82, 2.24) is 14.5 Å². The van der Waals surface area contributed by atoms with Crippen LogP contribution in [0.3, 0.4) is 0 Å². The molecular formula is C57H48N4O. The van der Waals surface area contributed by atoms with Crippen LogP contribution in [-0.4, -0.2) is 20.6 Å². The van der Waals surface area contributed by atoms with Gasteiger partial charge < -0.3 is 14.2 Å². The summed E-state index contributed by atoms with van der Waals surface area (Å²) in [4.78, 5) is 12.6. The number of pyridine rings is 1. The molecule has 8 aromatic rings. The molecule has 302 valence electrons. The Kier molecular flexibility index (Phi) is 6.81. The smallest absolute Gasteiger partial charge is 0.212 e. The van der Waals surface area contributed by atoms with Gasteiger partial charge >= 0.3 is 0 Å². The monoisotopic (exact) mass is 809 g/mol. The molecule has 5 nitrogen and oxygen atoms in total. The molecule has 12 rings (SSSR count). The fourth-order valence-corrected chi connectivity index (χ4v) is 10.5. The van der Waals surface area contributed by atoms with Crippen molar-refractivity contribution in [1.29, 1.82) is 0 Å². The maximum absolute atomic E-state index is 8.98. The van der Waals surface area contributed by atoms with Crippen molar-refractivity contribution in [2.24, 2.45) is 0 Å². The van der Waals surface area contributed by atoms with E-state index >= 15 is 0 Å². The number of fused-ring (bicyclic) bond motifs is 15. The minimum atomic E-state index is -2.50. The lowest BCUT2D eigenvalue weighted by molar-refractivity contribution is 0.306. The fraction of sp³-hybridized carbons (Fsp3) is 0.193. The second-order valence-corrected chi connectivity index (χ2v) is 18.0. The second-order valence-electron chi connectivity index (χ2n) is 18.0. The highest BCUT2D eigenvalue weighted by molar-refractivity contribution is 6.04. The number of aryl methyl sites for hydroxylation is 2. The molecule has 0 bridgehead atoms. The second kappa shape index (κ2) is 13.3. The molecule has 0 spiro atoms. The van der Waals surface area contributed by atoms with Crippen molar-refractivity contribution in [2.45, 2.75) is 70.8 Å². The van der Waals surface area contributed by atoms with Gasteiger partial charge in [-0.25, -0.2) is 4.98 Å². The number of ether oxygens (including phenoxy) is 1. The number of nitrogens with zero attached hydrogens (tertiary/aromatic N) is 4. The summed E-state index contributed by atoms with van der Waals surface area (Å²) in [5, 5.41) is 0. The fourth-order valence-electron chi connectivity index (χ4n) is 10.5. The summed E-state index contributed by atoms with van der Waals surface area (Å²) in [7, 11) is 0. The zero-order chi connectivity index (χ0) is 46.4. The number of para-hydroxylation sites is 2. The normalized spacial score (nSPS) is 19.8. The predicted molar refractivity (Wildman–Crippen MR) is 255 cm³/mol. The molecule has 2 aliphatic heterocycles. The maximum atomic E-state index is 8.98. The lowest BCUT2D eigenvalue weighted by atomic mass is 9.60. The molecule has 0 saturated carbocycles. The number of rotatable bonds is 3. The van der Waals surface area contributed by atoms with Crippen LogP contribution in [0, 0.1) is 6.85 Å². The molecule has 2 aliphatic carbocycles.